The molecule has 1 nitrogen and oxygen atoms in total. The van der Waals surface area contributed by atoms with Crippen LogP contribution in [0.25, 0.3) is 0 Å². The van der Waals surface area contributed by atoms with Crippen LogP contribution in [-0.2, 0) is 12.8 Å². The fourth-order valence-corrected chi connectivity index (χ4v) is 3.84. The Bertz CT molecular complexity index is 639. The molecule has 0 heterocycles. The maximum Gasteiger partial charge on any atom is 0.105 e. The summed E-state index contributed by atoms with van der Waals surface area (Å²) in [5.74, 6) is 0. The molecule has 0 bridgehead atoms. The van der Waals surface area contributed by atoms with Crippen molar-refractivity contribution in [2.75, 3.05) is 0 Å². The van der Waals surface area contributed by atoms with Crippen molar-refractivity contribution < 1.29 is 5.11 Å². The van der Waals surface area contributed by atoms with Crippen LogP contribution in [0.1, 0.15) is 41.2 Å². The summed E-state index contributed by atoms with van der Waals surface area (Å²) in [4.78, 5) is 0. The highest BCUT2D eigenvalue weighted by atomic mass is 127. The Kier molecular flexibility index (Phi) is 4.48. The lowest BCUT2D eigenvalue weighted by Crippen LogP contribution is -2.07. The second kappa shape index (κ2) is 6.16. The van der Waals surface area contributed by atoms with Crippen LogP contribution in [0.5, 0.6) is 0 Å². The van der Waals surface area contributed by atoms with Crippen molar-refractivity contribution in [1.29, 1.82) is 0 Å². The minimum atomic E-state index is -0.549. The molecular weight excluding hydrogens is 427 g/mol. The van der Waals surface area contributed by atoms with E-state index in [9.17, 15) is 5.11 Å². The van der Waals surface area contributed by atoms with Gasteiger partial charge in [-0.15, -0.1) is 0 Å². The molecule has 20 heavy (non-hydrogen) atoms. The van der Waals surface area contributed by atoms with E-state index in [0.717, 1.165) is 25.6 Å². The van der Waals surface area contributed by atoms with Crippen LogP contribution in [0, 0.1) is 3.57 Å². The van der Waals surface area contributed by atoms with Gasteiger partial charge in [0, 0.05) is 8.04 Å². The molecule has 3 rings (SSSR count). The van der Waals surface area contributed by atoms with E-state index < -0.39 is 6.10 Å². The second-order valence-electron chi connectivity index (χ2n) is 5.30. The van der Waals surface area contributed by atoms with Crippen molar-refractivity contribution >= 4 is 38.5 Å². The Morgan fingerprint density at radius 1 is 1.00 bits per heavy atom. The summed E-state index contributed by atoms with van der Waals surface area (Å²) in [6, 6.07) is 12.5. The zero-order chi connectivity index (χ0) is 14.1. The van der Waals surface area contributed by atoms with Gasteiger partial charge in [-0.3, -0.25) is 0 Å². The number of fused-ring (bicyclic) bond motifs is 1. The quantitative estimate of drug-likeness (QED) is 0.648. The first-order valence-electron chi connectivity index (χ1n) is 6.90. The maximum absolute atomic E-state index is 10.7. The predicted molar refractivity (Wildman–Crippen MR) is 94.0 cm³/mol. The molecule has 0 fully saturated rings. The Morgan fingerprint density at radius 2 is 1.75 bits per heavy atom. The lowest BCUT2D eigenvalue weighted by atomic mass is 9.88. The van der Waals surface area contributed by atoms with Gasteiger partial charge in [-0.1, -0.05) is 34.1 Å². The lowest BCUT2D eigenvalue weighted by molar-refractivity contribution is 0.219. The highest BCUT2D eigenvalue weighted by Crippen LogP contribution is 2.31. The monoisotopic (exact) mass is 442 g/mol. The number of rotatable bonds is 2. The third kappa shape index (κ3) is 2.95. The van der Waals surface area contributed by atoms with Gasteiger partial charge in [0.15, 0.2) is 0 Å². The normalized spacial score (nSPS) is 15.8. The first-order chi connectivity index (χ1) is 9.65. The number of aliphatic hydroxyl groups is 1. The number of halogens is 2. The molecule has 0 radical (unpaired) electrons. The molecule has 1 N–H and O–H groups in total. The van der Waals surface area contributed by atoms with E-state index in [2.05, 4.69) is 56.7 Å². The van der Waals surface area contributed by atoms with Crippen molar-refractivity contribution in [3.05, 3.63) is 66.7 Å². The average molecular weight is 443 g/mol. The van der Waals surface area contributed by atoms with Gasteiger partial charge >= 0.3 is 0 Å². The summed E-state index contributed by atoms with van der Waals surface area (Å²) in [5, 5.41) is 10.7. The van der Waals surface area contributed by atoms with Gasteiger partial charge < -0.3 is 5.11 Å². The zero-order valence-electron chi connectivity index (χ0n) is 11.1. The Labute approximate surface area is 141 Å². The van der Waals surface area contributed by atoms with Gasteiger partial charge in [0.1, 0.15) is 6.10 Å². The largest absolute Gasteiger partial charge is 0.384 e. The van der Waals surface area contributed by atoms with E-state index >= 15 is 0 Å². The third-order valence-corrected chi connectivity index (χ3v) is 5.42. The second-order valence-corrected chi connectivity index (χ2v) is 7.38. The Balaban J connectivity index is 1.97. The molecule has 0 aromatic heterocycles. The van der Waals surface area contributed by atoms with E-state index in [1.807, 2.05) is 18.2 Å². The molecule has 104 valence electrons. The molecule has 3 heteroatoms. The minimum Gasteiger partial charge on any atom is -0.384 e. The third-order valence-electron chi connectivity index (χ3n) is 3.94. The number of benzene rings is 2. The molecule has 0 aliphatic heterocycles. The van der Waals surface area contributed by atoms with Gasteiger partial charge in [0.05, 0.1) is 0 Å². The van der Waals surface area contributed by atoms with E-state index in [1.165, 1.54) is 30.4 Å². The molecular formula is C17H16BrIO. The number of aliphatic hydroxyl groups excluding tert-OH is 1. The number of hydrogen-bond acceptors (Lipinski definition) is 1. The molecule has 2 aromatic carbocycles. The van der Waals surface area contributed by atoms with Crippen LogP contribution in [0.4, 0.5) is 0 Å². The summed E-state index contributed by atoms with van der Waals surface area (Å²) in [7, 11) is 0. The molecule has 1 atom stereocenters. The molecule has 1 aliphatic rings. The maximum atomic E-state index is 10.7. The van der Waals surface area contributed by atoms with Crippen LogP contribution in [0.2, 0.25) is 0 Å². The van der Waals surface area contributed by atoms with Crippen molar-refractivity contribution in [3.63, 3.8) is 0 Å². The van der Waals surface area contributed by atoms with Crippen LogP contribution in [0.3, 0.4) is 0 Å². The fourth-order valence-electron chi connectivity index (χ4n) is 2.83. The van der Waals surface area contributed by atoms with Crippen molar-refractivity contribution in [1.82, 2.24) is 0 Å². The van der Waals surface area contributed by atoms with Crippen molar-refractivity contribution in [2.24, 2.45) is 0 Å². The molecule has 0 saturated carbocycles. The molecule has 0 saturated heterocycles. The Hall–Kier alpha value is -0.390. The average Bonchev–Trinajstić information content (AvgIpc) is 2.48. The number of hydrogen-bond donors (Lipinski definition) is 1. The van der Waals surface area contributed by atoms with Gasteiger partial charge in [-0.05, 0) is 88.7 Å². The lowest BCUT2D eigenvalue weighted by Gasteiger charge is -2.19. The Morgan fingerprint density at radius 3 is 2.55 bits per heavy atom. The summed E-state index contributed by atoms with van der Waals surface area (Å²) in [5.41, 5.74) is 4.84. The van der Waals surface area contributed by atoms with Gasteiger partial charge in [0.25, 0.3) is 0 Å². The predicted octanol–water partition coefficient (Wildman–Crippen LogP) is 5.01. The SMILES string of the molecule is OC(c1ccc2c(c1)CCCC2)c1cc(Br)ccc1I. The molecule has 1 unspecified atom stereocenters. The first-order valence-corrected chi connectivity index (χ1v) is 8.77. The van der Waals surface area contributed by atoms with E-state index in [0.29, 0.717) is 0 Å². The first kappa shape index (κ1) is 14.5. The van der Waals surface area contributed by atoms with E-state index in [1.54, 1.807) is 0 Å². The molecule has 2 aromatic rings. The number of aryl methyl sites for hydroxylation is 2. The van der Waals surface area contributed by atoms with Crippen molar-refractivity contribution in [3.8, 4) is 0 Å². The van der Waals surface area contributed by atoms with Crippen LogP contribution >= 0.6 is 38.5 Å². The van der Waals surface area contributed by atoms with E-state index in [-0.39, 0.29) is 0 Å². The smallest absolute Gasteiger partial charge is 0.105 e. The highest BCUT2D eigenvalue weighted by molar-refractivity contribution is 14.1. The molecule has 0 spiro atoms. The summed E-state index contributed by atoms with van der Waals surface area (Å²) >= 11 is 5.76. The standard InChI is InChI=1S/C17H16BrIO/c18-14-7-8-16(19)15(10-14)17(20)13-6-5-11-3-1-2-4-12(11)9-13/h5-10,17,20H,1-4H2. The van der Waals surface area contributed by atoms with Crippen LogP contribution < -0.4 is 0 Å². The van der Waals surface area contributed by atoms with Crippen molar-refractivity contribution in [2.45, 2.75) is 31.8 Å². The van der Waals surface area contributed by atoms with Crippen LogP contribution in [-0.4, -0.2) is 5.11 Å². The summed E-state index contributed by atoms with van der Waals surface area (Å²) in [6.45, 7) is 0. The highest BCUT2D eigenvalue weighted by Gasteiger charge is 2.17. The molecule has 0 amide bonds. The minimum absolute atomic E-state index is 0.549. The van der Waals surface area contributed by atoms with Gasteiger partial charge in [-0.2, -0.15) is 0 Å². The summed E-state index contributed by atoms with van der Waals surface area (Å²) in [6.07, 6.45) is 4.33. The van der Waals surface area contributed by atoms with Gasteiger partial charge in [0.2, 0.25) is 0 Å². The summed E-state index contributed by atoms with van der Waals surface area (Å²) < 4.78 is 2.10. The van der Waals surface area contributed by atoms with Crippen LogP contribution in [0.15, 0.2) is 40.9 Å². The topological polar surface area (TPSA) is 20.2 Å². The zero-order valence-corrected chi connectivity index (χ0v) is 14.8. The van der Waals surface area contributed by atoms with Gasteiger partial charge in [-0.25, -0.2) is 0 Å². The molecule has 1 aliphatic carbocycles. The fraction of sp³-hybridized carbons (Fsp3) is 0.294. The van der Waals surface area contributed by atoms with E-state index in [4.69, 9.17) is 0 Å².